The van der Waals surface area contributed by atoms with E-state index < -0.39 is 0 Å². The van der Waals surface area contributed by atoms with Crippen molar-refractivity contribution in [2.75, 3.05) is 29.7 Å². The summed E-state index contributed by atoms with van der Waals surface area (Å²) in [7, 11) is 3.57. The minimum absolute atomic E-state index is 0.193. The minimum Gasteiger partial charge on any atom is -0.347 e. The normalized spacial score (nSPS) is 10.2. The summed E-state index contributed by atoms with van der Waals surface area (Å²) in [5.74, 6) is 5.74. The average Bonchev–Trinajstić information content (AvgIpc) is 2.41. The van der Waals surface area contributed by atoms with Crippen LogP contribution in [0.15, 0.2) is 18.2 Å². The first-order valence-corrected chi connectivity index (χ1v) is 5.93. The quantitative estimate of drug-likeness (QED) is 0.575. The summed E-state index contributed by atoms with van der Waals surface area (Å²) in [6.07, 6.45) is 0. The fourth-order valence-electron chi connectivity index (χ4n) is 1.53. The zero-order chi connectivity index (χ0) is 14.7. The van der Waals surface area contributed by atoms with E-state index in [0.717, 1.165) is 5.56 Å². The predicted octanol–water partition coefficient (Wildman–Crippen LogP) is 1.41. The average molecular weight is 277 g/mol. The van der Waals surface area contributed by atoms with Gasteiger partial charge in [-0.1, -0.05) is 6.07 Å². The van der Waals surface area contributed by atoms with Crippen LogP contribution in [0.2, 0.25) is 0 Å². The van der Waals surface area contributed by atoms with E-state index in [1.54, 1.807) is 31.1 Å². The van der Waals surface area contributed by atoms with Crippen molar-refractivity contribution in [2.45, 2.75) is 6.92 Å². The van der Waals surface area contributed by atoms with E-state index in [1.165, 1.54) is 6.07 Å². The van der Waals surface area contributed by atoms with Crippen molar-refractivity contribution >= 4 is 23.5 Å². The molecule has 2 aromatic rings. The molecule has 0 aliphatic heterocycles. The maximum atomic E-state index is 13.8. The highest BCUT2D eigenvalue weighted by atomic mass is 19.1. The molecule has 0 unspecified atom stereocenters. The van der Waals surface area contributed by atoms with Gasteiger partial charge in [-0.15, -0.1) is 0 Å². The summed E-state index contributed by atoms with van der Waals surface area (Å²) in [6.45, 7) is 1.82. The summed E-state index contributed by atoms with van der Waals surface area (Å²) in [4.78, 5) is 14.0. The molecule has 0 bridgehead atoms. The standard InChI is InChI=1S/C12H16FN7/c1-7-4-5-9(8(13)6-7)15-10-16-11(19-14)18-12(17-10)20(2)3/h4-6H,14H2,1-3H3,(H2,15,16,17,18,19). The van der Waals surface area contributed by atoms with Crippen LogP contribution < -0.4 is 21.5 Å². The van der Waals surface area contributed by atoms with Gasteiger partial charge in [0.05, 0.1) is 5.69 Å². The Labute approximate surface area is 116 Å². The van der Waals surface area contributed by atoms with Gasteiger partial charge in [0.15, 0.2) is 0 Å². The molecule has 0 fully saturated rings. The Kier molecular flexibility index (Phi) is 3.94. The van der Waals surface area contributed by atoms with Crippen LogP contribution in [0.25, 0.3) is 0 Å². The highest BCUT2D eigenvalue weighted by Gasteiger charge is 2.09. The van der Waals surface area contributed by atoms with Crippen LogP contribution in [0.1, 0.15) is 5.56 Å². The second-order valence-corrected chi connectivity index (χ2v) is 4.43. The van der Waals surface area contributed by atoms with Crippen molar-refractivity contribution in [1.29, 1.82) is 0 Å². The van der Waals surface area contributed by atoms with E-state index in [2.05, 4.69) is 25.7 Å². The van der Waals surface area contributed by atoms with Crippen LogP contribution in [0.5, 0.6) is 0 Å². The summed E-state index contributed by atoms with van der Waals surface area (Å²) >= 11 is 0. The molecule has 0 spiro atoms. The lowest BCUT2D eigenvalue weighted by Crippen LogP contribution is -2.18. The fraction of sp³-hybridized carbons (Fsp3) is 0.250. The van der Waals surface area contributed by atoms with Crippen LogP contribution in [-0.2, 0) is 0 Å². The van der Waals surface area contributed by atoms with Crippen molar-refractivity contribution in [2.24, 2.45) is 5.84 Å². The number of halogens is 1. The van der Waals surface area contributed by atoms with Gasteiger partial charge in [0.2, 0.25) is 17.8 Å². The topological polar surface area (TPSA) is 92.0 Å². The molecule has 0 amide bonds. The number of anilines is 4. The van der Waals surface area contributed by atoms with Gasteiger partial charge in [-0.3, -0.25) is 5.43 Å². The lowest BCUT2D eigenvalue weighted by atomic mass is 10.2. The molecule has 106 valence electrons. The third-order valence-electron chi connectivity index (χ3n) is 2.52. The van der Waals surface area contributed by atoms with E-state index in [0.29, 0.717) is 5.95 Å². The van der Waals surface area contributed by atoms with Crippen molar-refractivity contribution < 1.29 is 4.39 Å². The molecule has 8 heteroatoms. The summed E-state index contributed by atoms with van der Waals surface area (Å²) in [5, 5.41) is 2.81. The predicted molar refractivity (Wildman–Crippen MR) is 76.4 cm³/mol. The van der Waals surface area contributed by atoms with E-state index in [4.69, 9.17) is 5.84 Å². The SMILES string of the molecule is Cc1ccc(Nc2nc(NN)nc(N(C)C)n2)c(F)c1. The molecule has 1 heterocycles. The molecule has 0 saturated carbocycles. The summed E-state index contributed by atoms with van der Waals surface area (Å²) in [5.41, 5.74) is 3.47. The maximum absolute atomic E-state index is 13.8. The van der Waals surface area contributed by atoms with Crippen LogP contribution in [0, 0.1) is 12.7 Å². The molecule has 20 heavy (non-hydrogen) atoms. The molecule has 0 saturated heterocycles. The van der Waals surface area contributed by atoms with E-state index >= 15 is 0 Å². The molecular formula is C12H16FN7. The first-order chi connectivity index (χ1) is 9.49. The number of hydrogen-bond donors (Lipinski definition) is 3. The van der Waals surface area contributed by atoms with Crippen LogP contribution in [0.4, 0.5) is 27.9 Å². The Morgan fingerprint density at radius 2 is 1.85 bits per heavy atom. The first kappa shape index (κ1) is 13.9. The molecule has 0 atom stereocenters. The molecule has 1 aromatic carbocycles. The van der Waals surface area contributed by atoms with Gasteiger partial charge in [0.25, 0.3) is 0 Å². The molecular weight excluding hydrogens is 261 g/mol. The number of benzene rings is 1. The lowest BCUT2D eigenvalue weighted by molar-refractivity contribution is 0.630. The van der Waals surface area contributed by atoms with E-state index in [9.17, 15) is 4.39 Å². The molecule has 7 nitrogen and oxygen atoms in total. The lowest BCUT2D eigenvalue weighted by Gasteiger charge is -2.13. The van der Waals surface area contributed by atoms with Gasteiger partial charge in [-0.25, -0.2) is 10.2 Å². The molecule has 0 aliphatic carbocycles. The zero-order valence-corrected chi connectivity index (χ0v) is 11.5. The Morgan fingerprint density at radius 3 is 2.45 bits per heavy atom. The van der Waals surface area contributed by atoms with Gasteiger partial charge < -0.3 is 10.2 Å². The molecule has 2 rings (SSSR count). The van der Waals surface area contributed by atoms with Gasteiger partial charge >= 0.3 is 0 Å². The number of nitrogens with one attached hydrogen (secondary N) is 2. The second kappa shape index (κ2) is 5.66. The number of nitrogens with zero attached hydrogens (tertiary/aromatic N) is 4. The molecule has 0 radical (unpaired) electrons. The Balaban J connectivity index is 2.34. The van der Waals surface area contributed by atoms with Crippen molar-refractivity contribution in [3.8, 4) is 0 Å². The van der Waals surface area contributed by atoms with Crippen LogP contribution in [-0.4, -0.2) is 29.0 Å². The number of hydrazine groups is 1. The summed E-state index contributed by atoms with van der Waals surface area (Å²) in [6, 6.07) is 4.85. The zero-order valence-electron chi connectivity index (χ0n) is 11.5. The van der Waals surface area contributed by atoms with Gasteiger partial charge in [0, 0.05) is 14.1 Å². The summed E-state index contributed by atoms with van der Waals surface area (Å²) < 4.78 is 13.8. The second-order valence-electron chi connectivity index (χ2n) is 4.43. The Morgan fingerprint density at radius 1 is 1.15 bits per heavy atom. The number of aromatic nitrogens is 3. The van der Waals surface area contributed by atoms with E-state index in [-0.39, 0.29) is 23.4 Å². The fourth-order valence-corrected chi connectivity index (χ4v) is 1.53. The highest BCUT2D eigenvalue weighted by molar-refractivity contribution is 5.56. The van der Waals surface area contributed by atoms with Crippen molar-refractivity contribution in [1.82, 2.24) is 15.0 Å². The smallest absolute Gasteiger partial charge is 0.243 e. The third-order valence-corrected chi connectivity index (χ3v) is 2.52. The monoisotopic (exact) mass is 277 g/mol. The minimum atomic E-state index is -0.376. The van der Waals surface area contributed by atoms with Gasteiger partial charge in [-0.05, 0) is 24.6 Å². The third kappa shape index (κ3) is 3.09. The van der Waals surface area contributed by atoms with Gasteiger partial charge in [-0.2, -0.15) is 15.0 Å². The van der Waals surface area contributed by atoms with E-state index in [1.807, 2.05) is 6.92 Å². The molecule has 1 aromatic heterocycles. The van der Waals surface area contributed by atoms with Gasteiger partial charge in [0.1, 0.15) is 5.82 Å². The van der Waals surface area contributed by atoms with Crippen molar-refractivity contribution in [3.05, 3.63) is 29.6 Å². The number of rotatable bonds is 4. The van der Waals surface area contributed by atoms with Crippen LogP contribution >= 0.6 is 0 Å². The number of hydrogen-bond acceptors (Lipinski definition) is 7. The number of aryl methyl sites for hydroxylation is 1. The number of nitrogens with two attached hydrogens (primary N) is 1. The Hall–Kier alpha value is -2.48. The largest absolute Gasteiger partial charge is 0.347 e. The first-order valence-electron chi connectivity index (χ1n) is 5.93. The van der Waals surface area contributed by atoms with Crippen LogP contribution in [0.3, 0.4) is 0 Å². The maximum Gasteiger partial charge on any atom is 0.243 e. The molecule has 4 N–H and O–H groups in total. The Bertz CT molecular complexity index is 615. The molecule has 0 aliphatic rings. The van der Waals surface area contributed by atoms with Crippen molar-refractivity contribution in [3.63, 3.8) is 0 Å². The highest BCUT2D eigenvalue weighted by Crippen LogP contribution is 2.20. The number of nitrogen functional groups attached to an aromatic ring is 1.